The second-order valence-corrected chi connectivity index (χ2v) is 22.3. The van der Waals surface area contributed by atoms with Gasteiger partial charge in [0.15, 0.2) is 0 Å². The number of likely N-dealkylation sites (tertiary alicyclic amines) is 3. The zero-order chi connectivity index (χ0) is 57.0. The van der Waals surface area contributed by atoms with E-state index in [0.717, 1.165) is 126 Å². The van der Waals surface area contributed by atoms with E-state index in [1.807, 2.05) is 65.4 Å². The topological polar surface area (TPSA) is 138 Å². The van der Waals surface area contributed by atoms with Gasteiger partial charge in [0.2, 0.25) is 30.0 Å². The first-order valence-electron chi connectivity index (χ1n) is 29.3. The summed E-state index contributed by atoms with van der Waals surface area (Å²) in [6.45, 7) is 19.1. The van der Waals surface area contributed by atoms with E-state index in [4.69, 9.17) is 0 Å². The molecule has 4 aromatic carbocycles. The number of imide groups is 1. The van der Waals surface area contributed by atoms with Crippen LogP contribution in [-0.4, -0.2) is 131 Å². The number of fused-ring (bicyclic) bond motifs is 1. The number of carbonyl (C=O) groups is 5. The van der Waals surface area contributed by atoms with Crippen molar-refractivity contribution in [3.8, 4) is 11.8 Å². The zero-order valence-corrected chi connectivity index (χ0v) is 48.0. The van der Waals surface area contributed by atoms with Crippen LogP contribution in [0, 0.1) is 29.6 Å². The van der Waals surface area contributed by atoms with Gasteiger partial charge in [-0.25, -0.2) is 0 Å². The third-order valence-corrected chi connectivity index (χ3v) is 17.3. The molecule has 2 atom stereocenters. The highest BCUT2D eigenvalue weighted by Crippen LogP contribution is 2.37. The molecule has 0 saturated carbocycles. The van der Waals surface area contributed by atoms with Crippen LogP contribution in [0.25, 0.3) is 10.8 Å². The van der Waals surface area contributed by atoms with Crippen molar-refractivity contribution in [2.45, 2.75) is 122 Å². The second kappa shape index (κ2) is 32.1. The molecule has 0 radical (unpaired) electrons. The number of hydrogen-bond donors (Lipinski definition) is 3. The van der Waals surface area contributed by atoms with Crippen LogP contribution < -0.4 is 25.8 Å². The normalized spacial score (nSPS) is 18.9. The number of piperidine rings is 5. The molecule has 5 heterocycles. The van der Waals surface area contributed by atoms with E-state index in [9.17, 15) is 28.4 Å². The molecule has 3 N–H and O–H groups in total. The first-order chi connectivity index (χ1) is 38.9. The standard InChI is InChI=1S/C56H69N7O5.C9H15N.CH3F.CH4/c1-40(62-33-28-45(29-34-62)55(67)57-38-42-11-5-4-6-12-42)47-20-18-44(48-13-7-8-14-49(47)48)17-16-41-24-31-61(32-25-41)30-10-9-15-54(66)63-35-26-43(27-36-63)46-19-21-50(52(37-46)59(2)39-64)60(3)51-22-23-53(65)58-56(51)68;1-3-8(2)9-4-6-10-7-5-9;1-2;/h4-8,11-14,18-21,37,39-41,43,45,51H,9-10,15,22-36,38H2,1-3H3,(H,57,67)(H,58,65,68);3,9-10H,1-2,4-7H2;1H3;1H4. The minimum absolute atomic E-state index is 0. The number of amides is 5. The molecule has 0 aliphatic carbocycles. The number of nitrogens with one attached hydrogen (secondary N) is 3. The zero-order valence-electron chi connectivity index (χ0n) is 48.0. The molecule has 0 bridgehead atoms. The summed E-state index contributed by atoms with van der Waals surface area (Å²) < 4.78 is 9.50. The molecule has 4 aromatic rings. The van der Waals surface area contributed by atoms with Crippen molar-refractivity contribution in [1.82, 2.24) is 30.7 Å². The van der Waals surface area contributed by atoms with Gasteiger partial charge in [0, 0.05) is 70.0 Å². The Morgan fingerprint density at radius 3 is 2.15 bits per heavy atom. The number of halogens is 1. The fraction of sp³-hybridized carbons (Fsp3) is 0.507. The Bertz CT molecular complexity index is 2780. The average molecular weight is 1110 g/mol. The molecular formula is C67H91FN8O5. The van der Waals surface area contributed by atoms with Crippen LogP contribution in [0.1, 0.15) is 132 Å². The monoisotopic (exact) mass is 1110 g/mol. The molecule has 81 heavy (non-hydrogen) atoms. The first kappa shape index (κ1) is 63.5. The molecule has 5 saturated heterocycles. The number of unbranched alkanes of at least 4 members (excludes halogenated alkanes) is 1. The summed E-state index contributed by atoms with van der Waals surface area (Å²) in [6.07, 6.45) is 13.8. The summed E-state index contributed by atoms with van der Waals surface area (Å²) >= 11 is 0. The maximum Gasteiger partial charge on any atom is 0.249 e. The second-order valence-electron chi connectivity index (χ2n) is 22.3. The number of nitrogens with zero attached hydrogens (tertiary/aromatic N) is 5. The van der Waals surface area contributed by atoms with Crippen molar-refractivity contribution >= 4 is 52.2 Å². The van der Waals surface area contributed by atoms with Gasteiger partial charge in [-0.3, -0.25) is 38.6 Å². The maximum absolute atomic E-state index is 13.3. The van der Waals surface area contributed by atoms with Gasteiger partial charge in [0.05, 0.1) is 18.6 Å². The maximum atomic E-state index is 13.3. The van der Waals surface area contributed by atoms with Crippen LogP contribution >= 0.6 is 0 Å². The van der Waals surface area contributed by atoms with Crippen LogP contribution in [0.15, 0.2) is 110 Å². The molecule has 0 spiro atoms. The Balaban J connectivity index is 0.000000728. The highest BCUT2D eigenvalue weighted by molar-refractivity contribution is 6.02. The third kappa shape index (κ3) is 17.4. The SMILES string of the molecule is C.C=CC(=C)C1CCNCC1.CC(c1ccc(C#CC2CCN(CCCCC(=O)N3CCC(c4ccc(N(C)C5CCC(=O)NC5=O)c(N(C)C=O)c4)CC3)CC2)c2ccccc12)N1CCC(C(=O)NCc2ccccc2)CC1.CF. The minimum atomic E-state index is -0.493. The quantitative estimate of drug-likeness (QED) is 0.0310. The molecule has 436 valence electrons. The van der Waals surface area contributed by atoms with Crippen LogP contribution in [0.5, 0.6) is 0 Å². The number of alkyl halides is 1. The highest BCUT2D eigenvalue weighted by Gasteiger charge is 2.33. The smallest absolute Gasteiger partial charge is 0.249 e. The Hall–Kier alpha value is -6.66. The molecule has 14 heteroatoms. The van der Waals surface area contributed by atoms with Gasteiger partial charge in [0.1, 0.15) is 6.04 Å². The number of anilines is 2. The van der Waals surface area contributed by atoms with E-state index < -0.39 is 6.04 Å². The summed E-state index contributed by atoms with van der Waals surface area (Å²) in [5.41, 5.74) is 7.33. The number of benzene rings is 4. The summed E-state index contributed by atoms with van der Waals surface area (Å²) in [6, 6.07) is 29.1. The summed E-state index contributed by atoms with van der Waals surface area (Å²) in [4.78, 5) is 73.0. The third-order valence-electron chi connectivity index (χ3n) is 17.3. The Labute approximate surface area is 483 Å². The average Bonchev–Trinajstić information content (AvgIpc) is 3.58. The van der Waals surface area contributed by atoms with Crippen LogP contribution in [0.2, 0.25) is 0 Å². The van der Waals surface area contributed by atoms with E-state index in [0.29, 0.717) is 57.2 Å². The van der Waals surface area contributed by atoms with E-state index in [-0.39, 0.29) is 55.4 Å². The van der Waals surface area contributed by atoms with Crippen molar-refractivity contribution in [2.24, 2.45) is 17.8 Å². The largest absolute Gasteiger partial charge is 0.361 e. The fourth-order valence-electron chi connectivity index (χ4n) is 12.2. The molecule has 5 fully saturated rings. The van der Waals surface area contributed by atoms with Crippen molar-refractivity contribution in [1.29, 1.82) is 0 Å². The van der Waals surface area contributed by atoms with Crippen molar-refractivity contribution < 1.29 is 28.4 Å². The Kier molecular flexibility index (Phi) is 25.2. The van der Waals surface area contributed by atoms with Gasteiger partial charge in [-0.05, 0) is 181 Å². The van der Waals surface area contributed by atoms with Crippen LogP contribution in [0.3, 0.4) is 0 Å². The first-order valence-corrected chi connectivity index (χ1v) is 29.3. The van der Waals surface area contributed by atoms with Gasteiger partial charge in [-0.2, -0.15) is 0 Å². The number of carbonyl (C=O) groups excluding carboxylic acids is 5. The van der Waals surface area contributed by atoms with Gasteiger partial charge in [-0.1, -0.05) is 111 Å². The molecular weight excluding hydrogens is 1020 g/mol. The molecule has 13 nitrogen and oxygen atoms in total. The molecule has 2 unspecified atom stereocenters. The van der Waals surface area contributed by atoms with E-state index >= 15 is 0 Å². The van der Waals surface area contributed by atoms with E-state index in [1.54, 1.807) is 7.05 Å². The van der Waals surface area contributed by atoms with Crippen LogP contribution in [0.4, 0.5) is 15.8 Å². The van der Waals surface area contributed by atoms with E-state index in [1.165, 1.54) is 39.7 Å². The number of allylic oxidation sites excluding steroid dienone is 2. The Morgan fingerprint density at radius 1 is 0.802 bits per heavy atom. The van der Waals surface area contributed by atoms with Gasteiger partial charge >= 0.3 is 0 Å². The highest BCUT2D eigenvalue weighted by atomic mass is 19.1. The molecule has 5 aliphatic rings. The summed E-state index contributed by atoms with van der Waals surface area (Å²) in [7, 11) is 4.04. The van der Waals surface area contributed by atoms with Crippen molar-refractivity contribution in [3.63, 3.8) is 0 Å². The predicted molar refractivity (Wildman–Crippen MR) is 328 cm³/mol. The van der Waals surface area contributed by atoms with Crippen LogP contribution in [-0.2, 0) is 30.5 Å². The lowest BCUT2D eigenvalue weighted by Gasteiger charge is -2.36. The van der Waals surface area contributed by atoms with Gasteiger partial charge < -0.3 is 30.2 Å². The molecule has 5 aliphatic heterocycles. The lowest BCUT2D eigenvalue weighted by molar-refractivity contribution is -0.134. The van der Waals surface area contributed by atoms with Crippen molar-refractivity contribution in [2.75, 3.05) is 90.0 Å². The lowest BCUT2D eigenvalue weighted by atomic mass is 9.88. The number of rotatable bonds is 17. The van der Waals surface area contributed by atoms with E-state index in [2.05, 4.69) is 100 Å². The molecule has 9 rings (SSSR count). The predicted octanol–water partition coefficient (Wildman–Crippen LogP) is 10.4. The molecule has 0 aromatic heterocycles. The minimum Gasteiger partial charge on any atom is -0.361 e. The van der Waals surface area contributed by atoms with Gasteiger partial charge in [-0.15, -0.1) is 0 Å². The lowest BCUT2D eigenvalue weighted by Crippen LogP contribution is -2.51. The van der Waals surface area contributed by atoms with Crippen molar-refractivity contribution in [3.05, 3.63) is 132 Å². The number of likely N-dealkylation sites (N-methyl/N-ethyl adjacent to an activating group) is 1. The number of hydrogen-bond acceptors (Lipinski definition) is 9. The van der Waals surface area contributed by atoms with Gasteiger partial charge in [0.25, 0.3) is 0 Å². The summed E-state index contributed by atoms with van der Waals surface area (Å²) in [5.74, 6) is 8.44. The summed E-state index contributed by atoms with van der Waals surface area (Å²) in [5, 5.41) is 11.4. The molecule has 5 amide bonds. The Morgan fingerprint density at radius 2 is 1.48 bits per heavy atom. The fourth-order valence-corrected chi connectivity index (χ4v) is 12.2.